The zero-order valence-corrected chi connectivity index (χ0v) is 15.2. The van der Waals surface area contributed by atoms with Crippen LogP contribution in [0.2, 0.25) is 0 Å². The SMILES string of the molecule is C[C@@H]1CC=N[C@H]1C(=O)NCCCC[C@H](N)C(=O)O.N[C@@H](CC(=O)O)C(=O)O. The number of nitrogens with two attached hydrogens (primary N) is 2. The van der Waals surface area contributed by atoms with Crippen LogP contribution in [-0.2, 0) is 19.2 Å². The van der Waals surface area contributed by atoms with E-state index < -0.39 is 36.4 Å². The summed E-state index contributed by atoms with van der Waals surface area (Å²) in [6.45, 7) is 2.55. The van der Waals surface area contributed by atoms with Crippen LogP contribution in [0.4, 0.5) is 0 Å². The summed E-state index contributed by atoms with van der Waals surface area (Å²) in [5.41, 5.74) is 10.2. The summed E-state index contributed by atoms with van der Waals surface area (Å²) >= 11 is 0. The molecule has 0 spiro atoms. The number of carboxylic acids is 3. The first-order chi connectivity index (χ1) is 12.6. The molecule has 11 heteroatoms. The number of nitrogens with zero attached hydrogens (tertiary/aromatic N) is 1. The van der Waals surface area contributed by atoms with Crippen LogP contribution in [0.5, 0.6) is 0 Å². The van der Waals surface area contributed by atoms with E-state index >= 15 is 0 Å². The van der Waals surface area contributed by atoms with E-state index in [1.54, 1.807) is 6.21 Å². The fourth-order valence-corrected chi connectivity index (χ4v) is 2.15. The number of nitrogens with one attached hydrogen (secondary N) is 1. The van der Waals surface area contributed by atoms with Gasteiger partial charge in [-0.25, -0.2) is 0 Å². The van der Waals surface area contributed by atoms with Crippen molar-refractivity contribution in [1.29, 1.82) is 0 Å². The van der Waals surface area contributed by atoms with Gasteiger partial charge in [-0.3, -0.25) is 24.2 Å². The zero-order valence-electron chi connectivity index (χ0n) is 15.2. The van der Waals surface area contributed by atoms with Crippen LogP contribution in [0.25, 0.3) is 0 Å². The van der Waals surface area contributed by atoms with Crippen LogP contribution >= 0.6 is 0 Å². The largest absolute Gasteiger partial charge is 0.481 e. The van der Waals surface area contributed by atoms with Gasteiger partial charge in [-0.15, -0.1) is 0 Å². The quantitative estimate of drug-likeness (QED) is 0.254. The van der Waals surface area contributed by atoms with Crippen molar-refractivity contribution in [3.05, 3.63) is 0 Å². The predicted molar refractivity (Wildman–Crippen MR) is 96.4 cm³/mol. The van der Waals surface area contributed by atoms with E-state index in [1.165, 1.54) is 0 Å². The zero-order chi connectivity index (χ0) is 21.0. The summed E-state index contributed by atoms with van der Waals surface area (Å²) in [4.78, 5) is 45.9. The third-order valence-corrected chi connectivity index (χ3v) is 3.82. The number of carboxylic acid groups (broad SMARTS) is 3. The van der Waals surface area contributed by atoms with Crippen LogP contribution in [-0.4, -0.2) is 70.0 Å². The molecule has 1 rings (SSSR count). The van der Waals surface area contributed by atoms with Crippen LogP contribution in [0.15, 0.2) is 4.99 Å². The molecule has 0 unspecified atom stereocenters. The Morgan fingerprint density at radius 3 is 2.11 bits per heavy atom. The first-order valence-corrected chi connectivity index (χ1v) is 8.54. The Morgan fingerprint density at radius 1 is 1.11 bits per heavy atom. The molecular formula is C16H28N4O7. The Bertz CT molecular complexity index is 553. The maximum absolute atomic E-state index is 11.7. The second-order valence-corrected chi connectivity index (χ2v) is 6.26. The summed E-state index contributed by atoms with van der Waals surface area (Å²) in [6, 6.07) is -2.35. The second-order valence-electron chi connectivity index (χ2n) is 6.26. The molecule has 1 aliphatic heterocycles. The van der Waals surface area contributed by atoms with E-state index in [2.05, 4.69) is 10.3 Å². The lowest BCUT2D eigenvalue weighted by Gasteiger charge is -2.13. The van der Waals surface area contributed by atoms with Gasteiger partial charge in [-0.1, -0.05) is 6.92 Å². The maximum Gasteiger partial charge on any atom is 0.321 e. The highest BCUT2D eigenvalue weighted by atomic mass is 16.4. The highest BCUT2D eigenvalue weighted by Gasteiger charge is 2.26. The number of amides is 1. The molecule has 1 heterocycles. The minimum atomic E-state index is -1.29. The number of aliphatic carboxylic acids is 3. The Labute approximate surface area is 156 Å². The molecule has 0 aromatic carbocycles. The Balaban J connectivity index is 0.000000636. The number of hydrogen-bond acceptors (Lipinski definition) is 7. The van der Waals surface area contributed by atoms with E-state index in [1.807, 2.05) is 6.92 Å². The number of carbonyl (C=O) groups excluding carboxylic acids is 1. The van der Waals surface area contributed by atoms with Gasteiger partial charge < -0.3 is 32.1 Å². The van der Waals surface area contributed by atoms with Gasteiger partial charge in [0.15, 0.2) is 0 Å². The summed E-state index contributed by atoms with van der Waals surface area (Å²) in [7, 11) is 0. The molecule has 4 atom stereocenters. The lowest BCUT2D eigenvalue weighted by Crippen LogP contribution is -2.36. The van der Waals surface area contributed by atoms with Gasteiger partial charge >= 0.3 is 17.9 Å². The molecule has 0 radical (unpaired) electrons. The Kier molecular flexibility index (Phi) is 11.6. The lowest BCUT2D eigenvalue weighted by atomic mass is 10.0. The van der Waals surface area contributed by atoms with Crippen molar-refractivity contribution in [3.63, 3.8) is 0 Å². The van der Waals surface area contributed by atoms with Crippen molar-refractivity contribution >= 4 is 30.0 Å². The minimum Gasteiger partial charge on any atom is -0.481 e. The van der Waals surface area contributed by atoms with Gasteiger partial charge in [0.1, 0.15) is 18.1 Å². The van der Waals surface area contributed by atoms with Gasteiger partial charge in [-0.05, 0) is 31.6 Å². The van der Waals surface area contributed by atoms with Crippen molar-refractivity contribution in [2.45, 2.75) is 57.2 Å². The molecular weight excluding hydrogens is 360 g/mol. The molecule has 0 bridgehead atoms. The van der Waals surface area contributed by atoms with Crippen LogP contribution in [0, 0.1) is 5.92 Å². The van der Waals surface area contributed by atoms with Crippen LogP contribution in [0.3, 0.4) is 0 Å². The van der Waals surface area contributed by atoms with Crippen LogP contribution in [0.1, 0.15) is 39.0 Å². The molecule has 0 aromatic rings. The molecule has 0 fully saturated rings. The summed E-state index contributed by atoms with van der Waals surface area (Å²) < 4.78 is 0. The lowest BCUT2D eigenvalue weighted by molar-refractivity contribution is -0.144. The normalized spacial score (nSPS) is 20.1. The number of rotatable bonds is 10. The fourth-order valence-electron chi connectivity index (χ4n) is 2.15. The maximum atomic E-state index is 11.7. The molecule has 27 heavy (non-hydrogen) atoms. The van der Waals surface area contributed by atoms with Gasteiger partial charge in [-0.2, -0.15) is 0 Å². The third-order valence-electron chi connectivity index (χ3n) is 3.82. The fraction of sp³-hybridized carbons (Fsp3) is 0.688. The predicted octanol–water partition coefficient (Wildman–Crippen LogP) is -0.963. The number of aliphatic imine (C=N–C) groups is 1. The number of hydrogen-bond donors (Lipinski definition) is 6. The van der Waals surface area contributed by atoms with Gasteiger partial charge in [0, 0.05) is 12.8 Å². The van der Waals surface area contributed by atoms with E-state index in [0.717, 1.165) is 12.8 Å². The molecule has 1 aliphatic rings. The summed E-state index contributed by atoms with van der Waals surface area (Å²) in [5, 5.41) is 27.4. The first kappa shape index (κ1) is 24.5. The molecule has 0 aliphatic carbocycles. The van der Waals surface area contributed by atoms with Crippen molar-refractivity contribution in [2.75, 3.05) is 6.54 Å². The molecule has 154 valence electrons. The minimum absolute atomic E-state index is 0.0428. The van der Waals surface area contributed by atoms with Gasteiger partial charge in [0.2, 0.25) is 5.91 Å². The monoisotopic (exact) mass is 388 g/mol. The van der Waals surface area contributed by atoms with Crippen LogP contribution < -0.4 is 16.8 Å². The van der Waals surface area contributed by atoms with E-state index in [4.69, 9.17) is 26.8 Å². The number of unbranched alkanes of at least 4 members (excludes halogenated alkanes) is 1. The van der Waals surface area contributed by atoms with Gasteiger partial charge in [0.25, 0.3) is 0 Å². The average molecular weight is 388 g/mol. The average Bonchev–Trinajstić information content (AvgIpc) is 3.00. The molecule has 1 amide bonds. The van der Waals surface area contributed by atoms with Crippen molar-refractivity contribution in [3.8, 4) is 0 Å². The Morgan fingerprint density at radius 2 is 1.70 bits per heavy atom. The molecule has 0 saturated carbocycles. The van der Waals surface area contributed by atoms with E-state index in [-0.39, 0.29) is 17.9 Å². The van der Waals surface area contributed by atoms with Crippen molar-refractivity contribution < 1.29 is 34.5 Å². The highest BCUT2D eigenvalue weighted by Crippen LogP contribution is 2.16. The third kappa shape index (κ3) is 10.9. The smallest absolute Gasteiger partial charge is 0.321 e. The summed E-state index contributed by atoms with van der Waals surface area (Å²) in [5.74, 6) is -3.25. The van der Waals surface area contributed by atoms with E-state index in [9.17, 15) is 19.2 Å². The van der Waals surface area contributed by atoms with E-state index in [0.29, 0.717) is 19.4 Å². The van der Waals surface area contributed by atoms with Crippen molar-refractivity contribution in [1.82, 2.24) is 5.32 Å². The molecule has 8 N–H and O–H groups in total. The molecule has 0 saturated heterocycles. The molecule has 11 nitrogen and oxygen atoms in total. The highest BCUT2D eigenvalue weighted by molar-refractivity contribution is 5.85. The topological polar surface area (TPSA) is 205 Å². The summed E-state index contributed by atoms with van der Waals surface area (Å²) in [6.07, 6.45) is 3.97. The second kappa shape index (κ2) is 12.8. The molecule has 0 aromatic heterocycles. The first-order valence-electron chi connectivity index (χ1n) is 8.54. The Hall–Kier alpha value is -2.53. The standard InChI is InChI=1S/C12H21N3O3.C4H7NO4/c1-8-5-7-14-10(8)11(16)15-6-3-2-4-9(13)12(17)18;5-2(4(8)9)1-3(6)7/h7-10H,2-6,13H2,1H3,(H,15,16)(H,17,18);2H,1,5H2,(H,6,7)(H,8,9)/t8-,9+,10-;2-/m10/s1. The van der Waals surface area contributed by atoms with Gasteiger partial charge in [0.05, 0.1) is 6.42 Å². The number of carbonyl (C=O) groups is 4. The van der Waals surface area contributed by atoms with Crippen molar-refractivity contribution in [2.24, 2.45) is 22.4 Å².